The van der Waals surface area contributed by atoms with Gasteiger partial charge in [0.15, 0.2) is 5.76 Å². The molecule has 0 aliphatic heterocycles. The average molecular weight is 328 g/mol. The number of pyridine rings is 1. The van der Waals surface area contributed by atoms with Crippen molar-refractivity contribution in [2.24, 2.45) is 4.99 Å². The minimum Gasteiger partial charge on any atom is -0.451 e. The highest BCUT2D eigenvalue weighted by Crippen LogP contribution is 2.19. The van der Waals surface area contributed by atoms with E-state index in [1.165, 1.54) is 0 Å². The number of rotatable bonds is 3. The van der Waals surface area contributed by atoms with Crippen LogP contribution in [0.4, 0.5) is 0 Å². The number of carbonyl (C=O) groups is 1. The molecule has 4 heteroatoms. The van der Waals surface area contributed by atoms with Crippen molar-refractivity contribution in [3.05, 3.63) is 102 Å². The molecule has 4 aromatic rings. The van der Waals surface area contributed by atoms with Crippen molar-refractivity contribution in [2.75, 3.05) is 0 Å². The second kappa shape index (κ2) is 6.61. The van der Waals surface area contributed by atoms with Gasteiger partial charge in [-0.2, -0.15) is 4.99 Å². The van der Waals surface area contributed by atoms with Crippen molar-refractivity contribution in [1.82, 2.24) is 4.57 Å². The fraction of sp³-hybridized carbons (Fsp3) is 0.0476. The number of carbonyl (C=O) groups excluding carboxylic acids is 1. The molecule has 4 nitrogen and oxygen atoms in total. The molecule has 0 fully saturated rings. The number of aromatic nitrogens is 1. The SMILES string of the molecule is O=C(N=c1ccccn1Cc1ccccc1)c1cc2ccccc2o1. The first-order chi connectivity index (χ1) is 12.3. The Kier molecular flexibility index (Phi) is 4.01. The van der Waals surface area contributed by atoms with E-state index in [4.69, 9.17) is 4.42 Å². The molecular weight excluding hydrogens is 312 g/mol. The molecule has 0 saturated heterocycles. The Balaban J connectivity index is 1.70. The van der Waals surface area contributed by atoms with Crippen LogP contribution >= 0.6 is 0 Å². The topological polar surface area (TPSA) is 47.5 Å². The van der Waals surface area contributed by atoms with Crippen LogP contribution in [0.1, 0.15) is 16.1 Å². The van der Waals surface area contributed by atoms with E-state index in [1.807, 2.05) is 83.6 Å². The van der Waals surface area contributed by atoms with Gasteiger partial charge in [0, 0.05) is 18.1 Å². The lowest BCUT2D eigenvalue weighted by atomic mass is 10.2. The fourth-order valence-corrected chi connectivity index (χ4v) is 2.73. The van der Waals surface area contributed by atoms with Crippen LogP contribution in [0.5, 0.6) is 0 Å². The van der Waals surface area contributed by atoms with Crippen molar-refractivity contribution < 1.29 is 9.21 Å². The molecule has 0 radical (unpaired) electrons. The van der Waals surface area contributed by atoms with E-state index in [9.17, 15) is 4.79 Å². The molecule has 2 aromatic heterocycles. The van der Waals surface area contributed by atoms with E-state index in [0.717, 1.165) is 10.9 Å². The predicted molar refractivity (Wildman–Crippen MR) is 96.1 cm³/mol. The van der Waals surface area contributed by atoms with Crippen LogP contribution in [-0.2, 0) is 6.54 Å². The molecule has 0 aliphatic rings. The van der Waals surface area contributed by atoms with E-state index in [1.54, 1.807) is 6.07 Å². The first-order valence-corrected chi connectivity index (χ1v) is 8.07. The van der Waals surface area contributed by atoms with E-state index in [0.29, 0.717) is 17.6 Å². The minimum absolute atomic E-state index is 0.247. The molecule has 0 bridgehead atoms. The van der Waals surface area contributed by atoms with Gasteiger partial charge in [0.05, 0.1) is 0 Å². The normalized spacial score (nSPS) is 11.8. The van der Waals surface area contributed by atoms with Crippen molar-refractivity contribution in [3.8, 4) is 0 Å². The quantitative estimate of drug-likeness (QED) is 0.570. The van der Waals surface area contributed by atoms with Crippen LogP contribution in [-0.4, -0.2) is 10.5 Å². The predicted octanol–water partition coefficient (Wildman–Crippen LogP) is 4.02. The van der Waals surface area contributed by atoms with E-state index >= 15 is 0 Å². The first kappa shape index (κ1) is 15.1. The third-order valence-corrected chi connectivity index (χ3v) is 3.96. The zero-order valence-electron chi connectivity index (χ0n) is 13.5. The van der Waals surface area contributed by atoms with Gasteiger partial charge in [0.25, 0.3) is 0 Å². The Morgan fingerprint density at radius 2 is 1.68 bits per heavy atom. The van der Waals surface area contributed by atoms with Gasteiger partial charge >= 0.3 is 5.91 Å². The third-order valence-electron chi connectivity index (χ3n) is 3.96. The molecule has 25 heavy (non-hydrogen) atoms. The second-order valence-electron chi connectivity index (χ2n) is 5.74. The third kappa shape index (κ3) is 3.28. The fourth-order valence-electron chi connectivity index (χ4n) is 2.73. The molecular formula is C21H16N2O2. The number of hydrogen-bond donors (Lipinski definition) is 0. The van der Waals surface area contributed by atoms with Gasteiger partial charge in [0.2, 0.25) is 0 Å². The summed E-state index contributed by atoms with van der Waals surface area (Å²) in [6, 6.07) is 24.9. The van der Waals surface area contributed by atoms with Crippen LogP contribution in [0.2, 0.25) is 0 Å². The molecule has 0 N–H and O–H groups in total. The van der Waals surface area contributed by atoms with Crippen molar-refractivity contribution >= 4 is 16.9 Å². The Hall–Kier alpha value is -3.40. The summed E-state index contributed by atoms with van der Waals surface area (Å²) in [5, 5.41) is 0.895. The lowest BCUT2D eigenvalue weighted by Crippen LogP contribution is -2.22. The Bertz CT molecular complexity index is 1060. The smallest absolute Gasteiger partial charge is 0.314 e. The second-order valence-corrected chi connectivity index (χ2v) is 5.74. The Labute approximate surface area is 144 Å². The van der Waals surface area contributed by atoms with E-state index in [2.05, 4.69) is 4.99 Å². The van der Waals surface area contributed by atoms with Crippen molar-refractivity contribution in [2.45, 2.75) is 6.54 Å². The summed E-state index contributed by atoms with van der Waals surface area (Å²) in [5.41, 5.74) is 2.43. The summed E-state index contributed by atoms with van der Waals surface area (Å²) in [6.45, 7) is 0.647. The lowest BCUT2D eigenvalue weighted by Gasteiger charge is -2.07. The number of hydrogen-bond acceptors (Lipinski definition) is 2. The number of benzene rings is 2. The van der Waals surface area contributed by atoms with Crippen molar-refractivity contribution in [1.29, 1.82) is 0 Å². The van der Waals surface area contributed by atoms with Crippen LogP contribution in [0.25, 0.3) is 11.0 Å². The molecule has 4 rings (SSSR count). The average Bonchev–Trinajstić information content (AvgIpc) is 3.09. The summed E-state index contributed by atoms with van der Waals surface area (Å²) in [4.78, 5) is 16.8. The lowest BCUT2D eigenvalue weighted by molar-refractivity contribution is 0.0973. The monoisotopic (exact) mass is 328 g/mol. The highest BCUT2D eigenvalue weighted by Gasteiger charge is 2.11. The standard InChI is InChI=1S/C21H16N2O2/c24-21(19-14-17-10-4-5-11-18(17)25-19)22-20-12-6-7-13-23(20)15-16-8-2-1-3-9-16/h1-14H,15H2. The van der Waals surface area contributed by atoms with Crippen LogP contribution in [0.3, 0.4) is 0 Å². The van der Waals surface area contributed by atoms with E-state index < -0.39 is 0 Å². The van der Waals surface area contributed by atoms with Gasteiger partial charge in [-0.1, -0.05) is 54.6 Å². The number of nitrogens with zero attached hydrogens (tertiary/aromatic N) is 2. The zero-order valence-corrected chi connectivity index (χ0v) is 13.5. The molecule has 2 heterocycles. The summed E-state index contributed by atoms with van der Waals surface area (Å²) >= 11 is 0. The summed E-state index contributed by atoms with van der Waals surface area (Å²) in [7, 11) is 0. The molecule has 2 aromatic carbocycles. The molecule has 0 aliphatic carbocycles. The number of furan rings is 1. The number of fused-ring (bicyclic) bond motifs is 1. The van der Waals surface area contributed by atoms with Gasteiger partial charge in [-0.3, -0.25) is 4.79 Å². The molecule has 0 spiro atoms. The Morgan fingerprint density at radius 3 is 2.52 bits per heavy atom. The van der Waals surface area contributed by atoms with Gasteiger partial charge in [0.1, 0.15) is 11.1 Å². The Morgan fingerprint density at radius 1 is 0.920 bits per heavy atom. The highest BCUT2D eigenvalue weighted by molar-refractivity contribution is 5.96. The van der Waals surface area contributed by atoms with Gasteiger partial charge < -0.3 is 8.98 Å². The summed E-state index contributed by atoms with van der Waals surface area (Å²) < 4.78 is 7.55. The largest absolute Gasteiger partial charge is 0.451 e. The van der Waals surface area contributed by atoms with Gasteiger partial charge in [-0.25, -0.2) is 0 Å². The van der Waals surface area contributed by atoms with Crippen LogP contribution in [0.15, 0.2) is 94.5 Å². The zero-order chi connectivity index (χ0) is 17.1. The molecule has 0 unspecified atom stereocenters. The van der Waals surface area contributed by atoms with Crippen molar-refractivity contribution in [3.63, 3.8) is 0 Å². The maximum absolute atomic E-state index is 12.5. The van der Waals surface area contributed by atoms with Gasteiger partial charge in [-0.05, 0) is 29.8 Å². The minimum atomic E-state index is -0.385. The van der Waals surface area contributed by atoms with Crippen LogP contribution in [0, 0.1) is 0 Å². The van der Waals surface area contributed by atoms with Crippen LogP contribution < -0.4 is 5.49 Å². The molecule has 0 saturated carbocycles. The molecule has 0 atom stereocenters. The molecule has 1 amide bonds. The first-order valence-electron chi connectivity index (χ1n) is 8.07. The number of amides is 1. The van der Waals surface area contributed by atoms with E-state index in [-0.39, 0.29) is 11.7 Å². The number of para-hydroxylation sites is 1. The van der Waals surface area contributed by atoms with Gasteiger partial charge in [-0.15, -0.1) is 0 Å². The molecule has 122 valence electrons. The summed E-state index contributed by atoms with van der Waals surface area (Å²) in [5.74, 6) is -0.138. The summed E-state index contributed by atoms with van der Waals surface area (Å²) in [6.07, 6.45) is 1.91. The maximum atomic E-state index is 12.5. The highest BCUT2D eigenvalue weighted by atomic mass is 16.3. The maximum Gasteiger partial charge on any atom is 0.314 e.